The second-order valence-corrected chi connectivity index (χ2v) is 6.55. The summed E-state index contributed by atoms with van der Waals surface area (Å²) in [6, 6.07) is 14.5. The molecule has 8 nitrogen and oxygen atoms in total. The van der Waals surface area contributed by atoms with E-state index >= 15 is 0 Å². The molecule has 29 heavy (non-hydrogen) atoms. The number of nitrogens with zero attached hydrogens (tertiary/aromatic N) is 2. The first-order valence-corrected chi connectivity index (χ1v) is 9.16. The Morgan fingerprint density at radius 3 is 2.34 bits per heavy atom. The fourth-order valence-electron chi connectivity index (χ4n) is 3.10. The molecule has 152 valence electrons. The van der Waals surface area contributed by atoms with E-state index in [0.29, 0.717) is 36.8 Å². The van der Waals surface area contributed by atoms with Gasteiger partial charge in [-0.25, -0.2) is 0 Å². The van der Waals surface area contributed by atoms with E-state index in [-0.39, 0.29) is 6.54 Å². The normalized spacial score (nSPS) is 14.0. The summed E-state index contributed by atoms with van der Waals surface area (Å²) >= 11 is 0. The average Bonchev–Trinajstić information content (AvgIpc) is 2.74. The van der Waals surface area contributed by atoms with E-state index in [4.69, 9.17) is 9.47 Å². The van der Waals surface area contributed by atoms with E-state index in [1.54, 1.807) is 18.2 Å². The van der Waals surface area contributed by atoms with Crippen LogP contribution >= 0.6 is 0 Å². The van der Waals surface area contributed by atoms with Crippen LogP contribution in [0.1, 0.15) is 5.56 Å². The van der Waals surface area contributed by atoms with Gasteiger partial charge in [-0.15, -0.1) is 0 Å². The Labute approximate surface area is 169 Å². The van der Waals surface area contributed by atoms with Gasteiger partial charge in [-0.05, 0) is 17.7 Å². The number of piperazine rings is 1. The summed E-state index contributed by atoms with van der Waals surface area (Å²) in [5.41, 5.74) is 1.38. The predicted molar refractivity (Wildman–Crippen MR) is 107 cm³/mol. The number of anilines is 1. The highest BCUT2D eigenvalue weighted by Gasteiger charge is 2.33. The van der Waals surface area contributed by atoms with Crippen LogP contribution in [0.4, 0.5) is 5.69 Å². The molecular weight excluding hydrogens is 374 g/mol. The maximum Gasteiger partial charge on any atom is 0.312 e. The predicted octanol–water partition coefficient (Wildman–Crippen LogP) is 1.51. The summed E-state index contributed by atoms with van der Waals surface area (Å²) in [5.74, 6) is -0.683. The standard InChI is InChI=1S/C21H23N3O5/c1-28-16-8-9-18(29-2)17(12-16)22-19(25)14-24-11-10-23(20(26)21(24)27)13-15-6-4-3-5-7-15/h3-9,12H,10-11,13-14H2,1-2H3,(H,22,25). The van der Waals surface area contributed by atoms with Crippen molar-refractivity contribution in [2.24, 2.45) is 0 Å². The second-order valence-electron chi connectivity index (χ2n) is 6.55. The van der Waals surface area contributed by atoms with Crippen LogP contribution in [-0.2, 0) is 20.9 Å². The number of carbonyl (C=O) groups is 3. The van der Waals surface area contributed by atoms with Gasteiger partial charge in [0.15, 0.2) is 0 Å². The van der Waals surface area contributed by atoms with Crippen molar-refractivity contribution in [2.45, 2.75) is 6.54 Å². The molecule has 0 bridgehead atoms. The van der Waals surface area contributed by atoms with Gasteiger partial charge in [-0.2, -0.15) is 0 Å². The monoisotopic (exact) mass is 397 g/mol. The summed E-state index contributed by atoms with van der Waals surface area (Å²) in [7, 11) is 3.01. The van der Waals surface area contributed by atoms with E-state index in [9.17, 15) is 14.4 Å². The molecule has 0 atom stereocenters. The average molecular weight is 397 g/mol. The van der Waals surface area contributed by atoms with Crippen molar-refractivity contribution in [3.63, 3.8) is 0 Å². The van der Waals surface area contributed by atoms with Gasteiger partial charge in [0.25, 0.3) is 0 Å². The highest BCUT2D eigenvalue weighted by Crippen LogP contribution is 2.28. The first kappa shape index (κ1) is 20.2. The van der Waals surface area contributed by atoms with Gasteiger partial charge in [-0.1, -0.05) is 30.3 Å². The molecule has 0 saturated carbocycles. The van der Waals surface area contributed by atoms with Crippen LogP contribution in [0.25, 0.3) is 0 Å². The minimum absolute atomic E-state index is 0.218. The number of carbonyl (C=O) groups excluding carboxylic acids is 3. The number of hydrogen-bond acceptors (Lipinski definition) is 5. The molecule has 1 aliphatic rings. The molecule has 2 aromatic carbocycles. The van der Waals surface area contributed by atoms with Crippen molar-refractivity contribution in [3.8, 4) is 11.5 Å². The van der Waals surface area contributed by atoms with E-state index < -0.39 is 17.7 Å². The minimum atomic E-state index is -0.681. The molecule has 0 spiro atoms. The van der Waals surface area contributed by atoms with Crippen LogP contribution < -0.4 is 14.8 Å². The van der Waals surface area contributed by atoms with Gasteiger partial charge in [0.2, 0.25) is 5.91 Å². The van der Waals surface area contributed by atoms with Gasteiger partial charge in [0.05, 0.1) is 19.9 Å². The molecule has 0 radical (unpaired) electrons. The molecule has 1 aliphatic heterocycles. The SMILES string of the molecule is COc1ccc(OC)c(NC(=O)CN2CCN(Cc3ccccc3)C(=O)C2=O)c1. The van der Waals surface area contributed by atoms with E-state index in [0.717, 1.165) is 5.56 Å². The van der Waals surface area contributed by atoms with Crippen LogP contribution in [-0.4, -0.2) is 61.4 Å². The number of rotatable bonds is 7. The molecule has 1 fully saturated rings. The van der Waals surface area contributed by atoms with Crippen LogP contribution in [0.5, 0.6) is 11.5 Å². The summed E-state index contributed by atoms with van der Waals surface area (Å²) in [5, 5.41) is 2.71. The lowest BCUT2D eigenvalue weighted by Crippen LogP contribution is -2.55. The second kappa shape index (κ2) is 9.09. The molecule has 0 aromatic heterocycles. The Bertz CT molecular complexity index is 900. The number of benzene rings is 2. The number of hydrogen-bond donors (Lipinski definition) is 1. The fraction of sp³-hybridized carbons (Fsp3) is 0.286. The van der Waals surface area contributed by atoms with Crippen LogP contribution in [0, 0.1) is 0 Å². The molecule has 2 aromatic rings. The molecule has 1 saturated heterocycles. The molecule has 1 heterocycles. The molecule has 0 aliphatic carbocycles. The Balaban J connectivity index is 1.61. The van der Waals surface area contributed by atoms with Crippen molar-refractivity contribution in [1.82, 2.24) is 9.80 Å². The molecular formula is C21H23N3O5. The molecule has 1 N–H and O–H groups in total. The third kappa shape index (κ3) is 4.84. The zero-order valence-electron chi connectivity index (χ0n) is 16.4. The summed E-state index contributed by atoms with van der Waals surface area (Å²) in [4.78, 5) is 40.1. The minimum Gasteiger partial charge on any atom is -0.497 e. The van der Waals surface area contributed by atoms with Gasteiger partial charge >= 0.3 is 11.8 Å². The lowest BCUT2D eigenvalue weighted by atomic mass is 10.2. The summed E-state index contributed by atoms with van der Waals surface area (Å²) < 4.78 is 10.4. The first-order chi connectivity index (χ1) is 14.0. The van der Waals surface area contributed by atoms with Crippen molar-refractivity contribution < 1.29 is 23.9 Å². The van der Waals surface area contributed by atoms with Crippen molar-refractivity contribution in [1.29, 1.82) is 0 Å². The zero-order chi connectivity index (χ0) is 20.8. The van der Waals surface area contributed by atoms with Gasteiger partial charge in [-0.3, -0.25) is 14.4 Å². The third-order valence-corrected chi connectivity index (χ3v) is 4.63. The Hall–Kier alpha value is -3.55. The lowest BCUT2D eigenvalue weighted by molar-refractivity contribution is -0.157. The van der Waals surface area contributed by atoms with Crippen LogP contribution in [0.3, 0.4) is 0 Å². The quantitative estimate of drug-likeness (QED) is 0.716. The largest absolute Gasteiger partial charge is 0.497 e. The van der Waals surface area contributed by atoms with Crippen molar-refractivity contribution in [2.75, 3.05) is 39.2 Å². The van der Waals surface area contributed by atoms with Gasteiger partial charge < -0.3 is 24.6 Å². The van der Waals surface area contributed by atoms with E-state index in [1.165, 1.54) is 24.0 Å². The molecule has 0 unspecified atom stereocenters. The summed E-state index contributed by atoms with van der Waals surface area (Å²) in [6.07, 6.45) is 0. The molecule has 3 rings (SSSR count). The maximum absolute atomic E-state index is 12.4. The van der Waals surface area contributed by atoms with E-state index in [2.05, 4.69) is 5.32 Å². The lowest BCUT2D eigenvalue weighted by Gasteiger charge is -2.33. The zero-order valence-corrected chi connectivity index (χ0v) is 16.4. The number of methoxy groups -OCH3 is 2. The van der Waals surface area contributed by atoms with Crippen LogP contribution in [0.15, 0.2) is 48.5 Å². The summed E-state index contributed by atoms with van der Waals surface area (Å²) in [6.45, 7) is 0.811. The molecule has 3 amide bonds. The number of ether oxygens (including phenoxy) is 2. The van der Waals surface area contributed by atoms with Gasteiger partial charge in [0, 0.05) is 25.7 Å². The van der Waals surface area contributed by atoms with Crippen LogP contribution in [0.2, 0.25) is 0 Å². The van der Waals surface area contributed by atoms with Crippen molar-refractivity contribution in [3.05, 3.63) is 54.1 Å². The van der Waals surface area contributed by atoms with E-state index in [1.807, 2.05) is 30.3 Å². The smallest absolute Gasteiger partial charge is 0.312 e. The Morgan fingerprint density at radius 1 is 0.966 bits per heavy atom. The highest BCUT2D eigenvalue weighted by molar-refractivity contribution is 6.35. The fourth-order valence-corrected chi connectivity index (χ4v) is 3.10. The number of nitrogens with one attached hydrogen (secondary N) is 1. The topological polar surface area (TPSA) is 88.2 Å². The number of amides is 3. The first-order valence-electron chi connectivity index (χ1n) is 9.16. The van der Waals surface area contributed by atoms with Gasteiger partial charge in [0.1, 0.15) is 18.0 Å². The highest BCUT2D eigenvalue weighted by atomic mass is 16.5. The van der Waals surface area contributed by atoms with Crippen molar-refractivity contribution >= 4 is 23.4 Å². The molecule has 8 heteroatoms. The maximum atomic E-state index is 12.4. The Kier molecular flexibility index (Phi) is 6.33. The Morgan fingerprint density at radius 2 is 1.66 bits per heavy atom. The third-order valence-electron chi connectivity index (χ3n) is 4.63.